The van der Waals surface area contributed by atoms with Gasteiger partial charge in [0.25, 0.3) is 11.8 Å². The van der Waals surface area contributed by atoms with Gasteiger partial charge < -0.3 is 4.90 Å². The van der Waals surface area contributed by atoms with Crippen molar-refractivity contribution in [2.75, 3.05) is 13.1 Å². The van der Waals surface area contributed by atoms with E-state index in [4.69, 9.17) is 0 Å². The van der Waals surface area contributed by atoms with Crippen molar-refractivity contribution in [1.82, 2.24) is 9.80 Å². The number of hydrogen-bond donors (Lipinski definition) is 0. The van der Waals surface area contributed by atoms with Crippen LogP contribution in [0, 0.1) is 12.8 Å². The second-order valence-corrected chi connectivity index (χ2v) is 10.7. The van der Waals surface area contributed by atoms with Gasteiger partial charge in [0.15, 0.2) is 0 Å². The third-order valence-electron chi connectivity index (χ3n) is 7.84. The van der Waals surface area contributed by atoms with Gasteiger partial charge in [0.05, 0.1) is 5.57 Å². The minimum Gasteiger partial charge on any atom is -0.366 e. The topological polar surface area (TPSA) is 40.6 Å². The minimum absolute atomic E-state index is 0.0320. The highest BCUT2D eigenvalue weighted by atomic mass is 16.2. The van der Waals surface area contributed by atoms with Crippen molar-refractivity contribution in [3.63, 3.8) is 0 Å². The van der Waals surface area contributed by atoms with Crippen LogP contribution in [0.5, 0.6) is 0 Å². The molecular formula is C29H42N2O2. The fourth-order valence-electron chi connectivity index (χ4n) is 5.93. The van der Waals surface area contributed by atoms with Crippen LogP contribution in [0.3, 0.4) is 0 Å². The molecule has 2 heterocycles. The molecule has 33 heavy (non-hydrogen) atoms. The lowest BCUT2D eigenvalue weighted by molar-refractivity contribution is -0.140. The summed E-state index contributed by atoms with van der Waals surface area (Å²) < 4.78 is 0. The van der Waals surface area contributed by atoms with Gasteiger partial charge in [-0.1, -0.05) is 94.5 Å². The molecule has 180 valence electrons. The molecule has 1 atom stereocenters. The molecule has 3 aliphatic rings. The van der Waals surface area contributed by atoms with Crippen molar-refractivity contribution in [2.24, 2.45) is 5.92 Å². The zero-order valence-electron chi connectivity index (χ0n) is 20.8. The Balaban J connectivity index is 1.64. The Morgan fingerprint density at radius 1 is 0.727 bits per heavy atom. The maximum absolute atomic E-state index is 14.0. The summed E-state index contributed by atoms with van der Waals surface area (Å²) in [5, 5.41) is 0. The van der Waals surface area contributed by atoms with Crippen molar-refractivity contribution in [3.8, 4) is 0 Å². The van der Waals surface area contributed by atoms with Gasteiger partial charge in [0, 0.05) is 19.1 Å². The van der Waals surface area contributed by atoms with Crippen LogP contribution in [-0.2, 0) is 9.59 Å². The van der Waals surface area contributed by atoms with E-state index in [-0.39, 0.29) is 17.9 Å². The Morgan fingerprint density at radius 3 is 1.88 bits per heavy atom. The van der Waals surface area contributed by atoms with E-state index in [1.807, 2.05) is 12.1 Å². The van der Waals surface area contributed by atoms with E-state index < -0.39 is 0 Å². The number of nitrogens with zero attached hydrogens (tertiary/aromatic N) is 2. The summed E-state index contributed by atoms with van der Waals surface area (Å²) in [6.45, 7) is 6.04. The van der Waals surface area contributed by atoms with E-state index in [0.717, 1.165) is 50.8 Å². The van der Waals surface area contributed by atoms with Crippen LogP contribution < -0.4 is 0 Å². The zero-order valence-corrected chi connectivity index (χ0v) is 20.8. The lowest BCUT2D eigenvalue weighted by Gasteiger charge is -2.34. The van der Waals surface area contributed by atoms with E-state index in [9.17, 15) is 9.59 Å². The molecule has 1 saturated carbocycles. The summed E-state index contributed by atoms with van der Waals surface area (Å²) in [5.74, 6) is 0.444. The number of piperidine rings is 1. The highest BCUT2D eigenvalue weighted by Crippen LogP contribution is 2.37. The van der Waals surface area contributed by atoms with Gasteiger partial charge in [-0.05, 0) is 44.1 Å². The second kappa shape index (κ2) is 11.4. The highest BCUT2D eigenvalue weighted by molar-refractivity contribution is 6.35. The Bertz CT molecular complexity index is 845. The number of imide groups is 1. The Kier molecular flexibility index (Phi) is 8.27. The van der Waals surface area contributed by atoms with Crippen LogP contribution in [0.4, 0.5) is 0 Å². The molecule has 1 aliphatic carbocycles. The summed E-state index contributed by atoms with van der Waals surface area (Å²) in [4.78, 5) is 31.8. The van der Waals surface area contributed by atoms with Gasteiger partial charge in [-0.15, -0.1) is 0 Å². The maximum Gasteiger partial charge on any atom is 0.278 e. The fourth-order valence-corrected chi connectivity index (χ4v) is 5.93. The van der Waals surface area contributed by atoms with E-state index in [1.165, 1.54) is 56.9 Å². The number of likely N-dealkylation sites (tertiary alicyclic amines) is 1. The van der Waals surface area contributed by atoms with Crippen LogP contribution in [-0.4, -0.2) is 40.7 Å². The molecule has 4 nitrogen and oxygen atoms in total. The van der Waals surface area contributed by atoms with Gasteiger partial charge in [-0.25, -0.2) is 0 Å². The van der Waals surface area contributed by atoms with E-state index in [0.29, 0.717) is 17.2 Å². The van der Waals surface area contributed by atoms with Crippen LogP contribution in [0.2, 0.25) is 0 Å². The summed E-state index contributed by atoms with van der Waals surface area (Å²) in [6.07, 6.45) is 15.4. The molecule has 1 unspecified atom stereocenters. The van der Waals surface area contributed by atoms with Crippen LogP contribution in [0.15, 0.2) is 30.0 Å². The molecule has 2 amide bonds. The molecule has 0 aromatic heterocycles. The molecule has 0 radical (unpaired) electrons. The zero-order chi connectivity index (χ0) is 23.2. The van der Waals surface area contributed by atoms with Gasteiger partial charge in [0.1, 0.15) is 5.70 Å². The normalized spacial score (nSPS) is 24.7. The van der Waals surface area contributed by atoms with Gasteiger partial charge in [0.2, 0.25) is 0 Å². The SMILES string of the molecule is Cc1ccc(C2=C(N3CCCC(C)C3)C(=O)N(C3CCCCCCCCCCC3)C2=O)cc1. The standard InChI is InChI=1S/C29H42N2O2/c1-22-16-18-24(19-17-22)26-27(30-20-12-13-23(2)21-30)29(33)31(28(26)32)25-14-10-8-6-4-3-5-7-9-11-15-25/h16-19,23,25H,3-15,20-21H2,1-2H3. The Labute approximate surface area is 200 Å². The molecule has 1 aromatic carbocycles. The molecule has 1 aromatic rings. The molecule has 0 N–H and O–H groups in total. The first kappa shape index (κ1) is 24.0. The molecule has 4 rings (SSSR count). The predicted molar refractivity (Wildman–Crippen MR) is 134 cm³/mol. The third-order valence-corrected chi connectivity index (χ3v) is 7.84. The molecule has 0 bridgehead atoms. The predicted octanol–water partition coefficient (Wildman–Crippen LogP) is 6.48. The molecule has 1 saturated heterocycles. The van der Waals surface area contributed by atoms with Crippen LogP contribution in [0.1, 0.15) is 102 Å². The lowest BCUT2D eigenvalue weighted by Crippen LogP contribution is -2.44. The highest BCUT2D eigenvalue weighted by Gasteiger charge is 2.44. The van der Waals surface area contributed by atoms with Crippen molar-refractivity contribution in [2.45, 2.75) is 103 Å². The Hall–Kier alpha value is -2.10. The maximum atomic E-state index is 14.0. The van der Waals surface area contributed by atoms with Crippen LogP contribution >= 0.6 is 0 Å². The first-order valence-electron chi connectivity index (χ1n) is 13.5. The second-order valence-electron chi connectivity index (χ2n) is 10.7. The van der Waals surface area contributed by atoms with Gasteiger partial charge >= 0.3 is 0 Å². The number of rotatable bonds is 3. The summed E-state index contributed by atoms with van der Waals surface area (Å²) >= 11 is 0. The van der Waals surface area contributed by atoms with Gasteiger partial charge in [-0.3, -0.25) is 14.5 Å². The first-order valence-corrected chi connectivity index (χ1v) is 13.5. The average Bonchev–Trinajstić information content (AvgIpc) is 3.05. The Morgan fingerprint density at radius 2 is 1.30 bits per heavy atom. The summed E-state index contributed by atoms with van der Waals surface area (Å²) in [5.41, 5.74) is 3.37. The number of benzene rings is 1. The van der Waals surface area contributed by atoms with Crippen LogP contribution in [0.25, 0.3) is 5.57 Å². The smallest absolute Gasteiger partial charge is 0.278 e. The van der Waals surface area contributed by atoms with E-state index in [1.54, 1.807) is 4.90 Å². The number of aryl methyl sites for hydroxylation is 1. The molecule has 2 aliphatic heterocycles. The van der Waals surface area contributed by atoms with E-state index in [2.05, 4.69) is 30.9 Å². The summed E-state index contributed by atoms with van der Waals surface area (Å²) in [7, 11) is 0. The number of carbonyl (C=O) groups is 2. The monoisotopic (exact) mass is 450 g/mol. The quantitative estimate of drug-likeness (QED) is 0.495. The minimum atomic E-state index is -0.0610. The fraction of sp³-hybridized carbons (Fsp3) is 0.655. The van der Waals surface area contributed by atoms with Crippen molar-refractivity contribution in [3.05, 3.63) is 41.1 Å². The van der Waals surface area contributed by atoms with Crippen molar-refractivity contribution >= 4 is 17.4 Å². The van der Waals surface area contributed by atoms with Crippen molar-refractivity contribution in [1.29, 1.82) is 0 Å². The number of amides is 2. The van der Waals surface area contributed by atoms with Gasteiger partial charge in [-0.2, -0.15) is 0 Å². The molecular weight excluding hydrogens is 408 g/mol. The number of hydrogen-bond acceptors (Lipinski definition) is 3. The number of carbonyl (C=O) groups excluding carboxylic acids is 2. The first-order chi connectivity index (χ1) is 16.1. The average molecular weight is 451 g/mol. The molecule has 4 heteroatoms. The molecule has 2 fully saturated rings. The summed E-state index contributed by atoms with van der Waals surface area (Å²) in [6, 6.07) is 8.18. The lowest BCUT2D eigenvalue weighted by atomic mass is 9.96. The molecule has 0 spiro atoms. The third kappa shape index (κ3) is 5.70. The van der Waals surface area contributed by atoms with E-state index >= 15 is 0 Å². The van der Waals surface area contributed by atoms with Crippen molar-refractivity contribution < 1.29 is 9.59 Å². The largest absolute Gasteiger partial charge is 0.366 e.